The highest BCUT2D eigenvalue weighted by Gasteiger charge is 2.21. The third kappa shape index (κ3) is 13.3. The number of nitrogens with one attached hydrogen (secondary N) is 1. The zero-order chi connectivity index (χ0) is 18.3. The number of terminal acetylenes is 2. The van der Waals surface area contributed by atoms with Gasteiger partial charge in [-0.2, -0.15) is 11.8 Å². The third-order valence-electron chi connectivity index (χ3n) is 2.17. The molecule has 0 aliphatic rings. The van der Waals surface area contributed by atoms with Crippen LogP contribution in [0.2, 0.25) is 0 Å². The molecule has 6 heteroatoms. The van der Waals surface area contributed by atoms with Crippen LogP contribution in [-0.4, -0.2) is 42.0 Å². The molecular weight excluding hydrogens is 312 g/mol. The van der Waals surface area contributed by atoms with Gasteiger partial charge in [-0.15, -0.1) is 12.8 Å². The molecule has 0 aliphatic heterocycles. The molecule has 0 spiro atoms. The normalized spacial score (nSPS) is 9.00. The van der Waals surface area contributed by atoms with Gasteiger partial charge in [-0.1, -0.05) is 32.6 Å². The van der Waals surface area contributed by atoms with E-state index in [1.54, 1.807) is 27.7 Å². The summed E-state index contributed by atoms with van der Waals surface area (Å²) in [6, 6.07) is 0. The van der Waals surface area contributed by atoms with Crippen molar-refractivity contribution >= 4 is 23.6 Å². The first-order valence-electron chi connectivity index (χ1n) is 6.74. The lowest BCUT2D eigenvalue weighted by atomic mass is 9.96. The molecule has 0 saturated carbocycles. The van der Waals surface area contributed by atoms with Crippen LogP contribution in [0.5, 0.6) is 0 Å². The topological polar surface area (TPSA) is 58.6 Å². The maximum Gasteiger partial charge on any atom is 0.248 e. The van der Waals surface area contributed by atoms with Crippen molar-refractivity contribution in [3.63, 3.8) is 0 Å². The summed E-state index contributed by atoms with van der Waals surface area (Å²) in [5.74, 6) is 9.42. The summed E-state index contributed by atoms with van der Waals surface area (Å²) < 4.78 is 0. The summed E-state index contributed by atoms with van der Waals surface area (Å²) in [7, 11) is 0. The van der Waals surface area contributed by atoms with Gasteiger partial charge in [0.25, 0.3) is 0 Å². The van der Waals surface area contributed by atoms with Gasteiger partial charge in [-0.25, -0.2) is 5.48 Å². The van der Waals surface area contributed by atoms with Crippen LogP contribution in [0, 0.1) is 41.9 Å². The molecule has 1 N–H and O–H groups in total. The van der Waals surface area contributed by atoms with Crippen molar-refractivity contribution in [3.8, 4) is 36.5 Å². The monoisotopic (exact) mass is 336 g/mol. The van der Waals surface area contributed by atoms with E-state index < -0.39 is 5.41 Å². The zero-order valence-electron chi connectivity index (χ0n) is 14.4. The van der Waals surface area contributed by atoms with Crippen LogP contribution in [0.25, 0.3) is 0 Å². The fourth-order valence-corrected chi connectivity index (χ4v) is 1.36. The smallest absolute Gasteiger partial charge is 0.248 e. The summed E-state index contributed by atoms with van der Waals surface area (Å²) in [4.78, 5) is 29.5. The number of thioether (sulfide) groups is 1. The molecule has 0 aromatic heterocycles. The average molecular weight is 336 g/mol. The largest absolute Gasteiger partial charge is 0.305 e. The number of hydrogen-bond donors (Lipinski definition) is 1. The molecule has 0 atom stereocenters. The van der Waals surface area contributed by atoms with Gasteiger partial charge in [0, 0.05) is 5.41 Å². The van der Waals surface area contributed by atoms with E-state index >= 15 is 0 Å². The Kier molecular flexibility index (Phi) is 13.7. The first-order valence-corrected chi connectivity index (χ1v) is 8.13. The summed E-state index contributed by atoms with van der Waals surface area (Å²) in [5.41, 5.74) is 1.76. The number of hydrogen-bond acceptors (Lipinski definition) is 4. The Labute approximate surface area is 143 Å². The van der Waals surface area contributed by atoms with Crippen molar-refractivity contribution in [2.24, 2.45) is 5.41 Å². The number of carbonyl (C=O) groups is 2. The van der Waals surface area contributed by atoms with Gasteiger partial charge < -0.3 is 4.90 Å². The van der Waals surface area contributed by atoms with E-state index in [9.17, 15) is 9.59 Å². The molecule has 0 rings (SSSR count). The average Bonchev–Trinajstić information content (AvgIpc) is 2.47. The molecule has 0 heterocycles. The SMILES string of the molecule is C#CC#CC.C#CCN(CONC(=O)C(C)(C)C)C(=O)CSC. The Morgan fingerprint density at radius 1 is 1.30 bits per heavy atom. The molecule has 5 nitrogen and oxygen atoms in total. The molecule has 0 aromatic carbocycles. The molecule has 0 fully saturated rings. The number of nitrogens with zero attached hydrogens (tertiary/aromatic N) is 1. The van der Waals surface area contributed by atoms with E-state index in [0.29, 0.717) is 5.75 Å². The number of carbonyl (C=O) groups excluding carboxylic acids is 2. The molecule has 0 radical (unpaired) electrons. The van der Waals surface area contributed by atoms with E-state index in [1.165, 1.54) is 16.7 Å². The van der Waals surface area contributed by atoms with E-state index in [-0.39, 0.29) is 25.1 Å². The molecule has 0 aromatic rings. The van der Waals surface area contributed by atoms with Crippen molar-refractivity contribution in [2.75, 3.05) is 25.3 Å². The third-order valence-corrected chi connectivity index (χ3v) is 2.70. The first kappa shape index (κ1) is 23.2. The number of hydroxylamine groups is 1. The first-order chi connectivity index (χ1) is 10.7. The molecule has 23 heavy (non-hydrogen) atoms. The highest BCUT2D eigenvalue weighted by molar-refractivity contribution is 7.99. The van der Waals surface area contributed by atoms with Crippen LogP contribution in [0.15, 0.2) is 0 Å². The summed E-state index contributed by atoms with van der Waals surface area (Å²) in [5, 5.41) is 0. The summed E-state index contributed by atoms with van der Waals surface area (Å²) in [6.45, 7) is 7.12. The fourth-order valence-electron chi connectivity index (χ4n) is 0.932. The second kappa shape index (κ2) is 13.6. The van der Waals surface area contributed by atoms with Crippen LogP contribution in [0.3, 0.4) is 0 Å². The molecule has 0 unspecified atom stereocenters. The molecule has 2 amide bonds. The quantitative estimate of drug-likeness (QED) is 0.454. The Morgan fingerprint density at radius 3 is 2.26 bits per heavy atom. The predicted molar refractivity (Wildman–Crippen MR) is 94.8 cm³/mol. The molecule has 0 saturated heterocycles. The lowest BCUT2D eigenvalue weighted by Crippen LogP contribution is -2.41. The Balaban J connectivity index is 0. The van der Waals surface area contributed by atoms with E-state index in [0.717, 1.165) is 0 Å². The van der Waals surface area contributed by atoms with Crippen LogP contribution in [0.1, 0.15) is 27.7 Å². The second-order valence-electron chi connectivity index (χ2n) is 5.20. The lowest BCUT2D eigenvalue weighted by Gasteiger charge is -2.22. The fraction of sp³-hybridized carbons (Fsp3) is 0.529. The Bertz CT molecular complexity index is 513. The maximum absolute atomic E-state index is 11.6. The van der Waals surface area contributed by atoms with Crippen LogP contribution < -0.4 is 5.48 Å². The van der Waals surface area contributed by atoms with Crippen molar-refractivity contribution in [1.82, 2.24) is 10.4 Å². The standard InChI is InChI=1S/C12H20N2O3S.C5H4/c1-6-7-14(10(15)8-18-5)9-17-13-11(16)12(2,3)4;1-3-5-4-2/h1H,7-9H2,2-5H3,(H,13,16);1H,2H3. The summed E-state index contributed by atoms with van der Waals surface area (Å²) in [6.07, 6.45) is 11.7. The molecule has 0 aliphatic carbocycles. The van der Waals surface area contributed by atoms with Gasteiger partial charge in [0.2, 0.25) is 11.8 Å². The predicted octanol–water partition coefficient (Wildman–Crippen LogP) is 1.51. The van der Waals surface area contributed by atoms with Gasteiger partial charge in [-0.3, -0.25) is 14.4 Å². The summed E-state index contributed by atoms with van der Waals surface area (Å²) >= 11 is 1.41. The van der Waals surface area contributed by atoms with Crippen LogP contribution >= 0.6 is 11.8 Å². The van der Waals surface area contributed by atoms with Crippen molar-refractivity contribution < 1.29 is 14.4 Å². The van der Waals surface area contributed by atoms with Crippen molar-refractivity contribution in [2.45, 2.75) is 27.7 Å². The van der Waals surface area contributed by atoms with Crippen molar-refractivity contribution in [3.05, 3.63) is 0 Å². The zero-order valence-corrected chi connectivity index (χ0v) is 15.2. The number of rotatable bonds is 6. The minimum absolute atomic E-state index is 0.0502. The molecule has 126 valence electrons. The Hall–Kier alpha value is -2.07. The van der Waals surface area contributed by atoms with Gasteiger partial charge >= 0.3 is 0 Å². The van der Waals surface area contributed by atoms with Crippen LogP contribution in [0.4, 0.5) is 0 Å². The van der Waals surface area contributed by atoms with E-state index in [2.05, 4.69) is 29.2 Å². The second-order valence-corrected chi connectivity index (χ2v) is 6.07. The molecular formula is C17H24N2O3S. The van der Waals surface area contributed by atoms with E-state index in [1.807, 2.05) is 6.26 Å². The van der Waals surface area contributed by atoms with E-state index in [4.69, 9.17) is 17.7 Å². The number of amides is 2. The minimum atomic E-state index is -0.541. The van der Waals surface area contributed by atoms with Gasteiger partial charge in [-0.05, 0) is 25.0 Å². The van der Waals surface area contributed by atoms with Crippen LogP contribution in [-0.2, 0) is 14.4 Å². The lowest BCUT2D eigenvalue weighted by molar-refractivity contribution is -0.151. The van der Waals surface area contributed by atoms with Gasteiger partial charge in [0.05, 0.1) is 12.3 Å². The van der Waals surface area contributed by atoms with Gasteiger partial charge in [0.15, 0.2) is 0 Å². The maximum atomic E-state index is 11.6. The van der Waals surface area contributed by atoms with Crippen molar-refractivity contribution in [1.29, 1.82) is 0 Å². The molecule has 0 bridgehead atoms. The Morgan fingerprint density at radius 2 is 1.91 bits per heavy atom. The van der Waals surface area contributed by atoms with Gasteiger partial charge in [0.1, 0.15) is 6.73 Å². The highest BCUT2D eigenvalue weighted by Crippen LogP contribution is 2.12. The highest BCUT2D eigenvalue weighted by atomic mass is 32.2. The minimum Gasteiger partial charge on any atom is -0.305 e.